The Bertz CT molecular complexity index is 1080. The van der Waals surface area contributed by atoms with Crippen LogP contribution in [0.25, 0.3) is 28.3 Å². The summed E-state index contributed by atoms with van der Waals surface area (Å²) in [5, 5.41) is 7.22. The first-order valence-corrected chi connectivity index (χ1v) is 7.47. The van der Waals surface area contributed by atoms with Crippen molar-refractivity contribution in [2.75, 3.05) is 13.2 Å². The highest BCUT2D eigenvalue weighted by molar-refractivity contribution is 5.85. The standard InChI is InChI=1S/C15H11F3N6O2.ClH/c16-15(17,18)9-5-12(25-4-3-19)22-13-8(9)1-2-11-21-10(6-24(11)13)14-23-20-7-26-14;/h1-2,5-7H,3-4,19H2;1H. The Hall–Kier alpha value is -2.92. The average Bonchev–Trinajstić information content (AvgIpc) is 3.27. The van der Waals surface area contributed by atoms with Crippen molar-refractivity contribution in [2.45, 2.75) is 6.18 Å². The van der Waals surface area contributed by atoms with Gasteiger partial charge >= 0.3 is 6.18 Å². The molecule has 8 nitrogen and oxygen atoms in total. The number of alkyl halides is 3. The van der Waals surface area contributed by atoms with Crippen molar-refractivity contribution in [1.82, 2.24) is 24.6 Å². The Morgan fingerprint density at radius 3 is 2.70 bits per heavy atom. The molecule has 0 radical (unpaired) electrons. The van der Waals surface area contributed by atoms with E-state index in [1.165, 1.54) is 22.7 Å². The van der Waals surface area contributed by atoms with E-state index in [0.29, 0.717) is 11.3 Å². The third-order valence-electron chi connectivity index (χ3n) is 3.63. The first kappa shape index (κ1) is 18.9. The van der Waals surface area contributed by atoms with Gasteiger partial charge < -0.3 is 14.9 Å². The number of halogens is 4. The highest BCUT2D eigenvalue weighted by Gasteiger charge is 2.34. The molecule has 0 aliphatic rings. The summed E-state index contributed by atoms with van der Waals surface area (Å²) in [4.78, 5) is 8.46. The molecule has 4 aromatic rings. The zero-order valence-electron chi connectivity index (χ0n) is 13.5. The summed E-state index contributed by atoms with van der Waals surface area (Å²) in [6.07, 6.45) is -1.97. The molecule has 0 fully saturated rings. The molecule has 4 rings (SSSR count). The van der Waals surface area contributed by atoms with Crippen LogP contribution in [0, 0.1) is 0 Å². The molecule has 0 amide bonds. The van der Waals surface area contributed by atoms with Gasteiger partial charge in [-0.1, -0.05) is 0 Å². The van der Waals surface area contributed by atoms with Crippen LogP contribution in [0.3, 0.4) is 0 Å². The summed E-state index contributed by atoms with van der Waals surface area (Å²) in [5.74, 6) is -0.0238. The molecular weight excluding hydrogens is 389 g/mol. The van der Waals surface area contributed by atoms with Crippen molar-refractivity contribution in [1.29, 1.82) is 0 Å². The Balaban J connectivity index is 0.00000210. The summed E-state index contributed by atoms with van der Waals surface area (Å²) < 4.78 is 52.2. The molecule has 0 spiro atoms. The molecule has 0 bridgehead atoms. The van der Waals surface area contributed by atoms with E-state index in [0.717, 1.165) is 12.5 Å². The van der Waals surface area contributed by atoms with Crippen molar-refractivity contribution >= 4 is 29.1 Å². The third-order valence-corrected chi connectivity index (χ3v) is 3.63. The van der Waals surface area contributed by atoms with E-state index in [1.807, 2.05) is 0 Å². The predicted molar refractivity (Wildman–Crippen MR) is 90.6 cm³/mol. The number of rotatable bonds is 4. The van der Waals surface area contributed by atoms with Gasteiger partial charge in [-0.25, -0.2) is 4.98 Å². The fourth-order valence-electron chi connectivity index (χ4n) is 2.57. The maximum atomic E-state index is 13.5. The number of hydrogen-bond acceptors (Lipinski definition) is 7. The fourth-order valence-corrected chi connectivity index (χ4v) is 2.57. The van der Waals surface area contributed by atoms with E-state index in [-0.39, 0.29) is 48.4 Å². The van der Waals surface area contributed by atoms with Crippen molar-refractivity contribution in [3.8, 4) is 17.5 Å². The van der Waals surface area contributed by atoms with Gasteiger partial charge in [0.25, 0.3) is 5.89 Å². The van der Waals surface area contributed by atoms with Crippen molar-refractivity contribution < 1.29 is 22.3 Å². The largest absolute Gasteiger partial charge is 0.476 e. The highest BCUT2D eigenvalue weighted by atomic mass is 35.5. The Morgan fingerprint density at radius 1 is 1.22 bits per heavy atom. The smallest absolute Gasteiger partial charge is 0.417 e. The van der Waals surface area contributed by atoms with Gasteiger partial charge in [-0.05, 0) is 12.1 Å². The fraction of sp³-hybridized carbons (Fsp3) is 0.200. The van der Waals surface area contributed by atoms with Gasteiger partial charge in [-0.2, -0.15) is 18.2 Å². The van der Waals surface area contributed by atoms with Crippen LogP contribution in [0.1, 0.15) is 5.56 Å². The molecule has 0 aromatic carbocycles. The molecule has 0 aliphatic heterocycles. The van der Waals surface area contributed by atoms with Gasteiger partial charge in [0.1, 0.15) is 23.6 Å². The Kier molecular flexibility index (Phi) is 4.89. The van der Waals surface area contributed by atoms with E-state index in [2.05, 4.69) is 20.2 Å². The van der Waals surface area contributed by atoms with Crippen LogP contribution < -0.4 is 10.5 Å². The van der Waals surface area contributed by atoms with Crippen molar-refractivity contribution in [2.24, 2.45) is 5.73 Å². The van der Waals surface area contributed by atoms with Gasteiger partial charge in [0.2, 0.25) is 12.3 Å². The minimum atomic E-state index is -4.58. The molecule has 0 unspecified atom stereocenters. The van der Waals surface area contributed by atoms with E-state index in [4.69, 9.17) is 14.9 Å². The van der Waals surface area contributed by atoms with Crippen LogP contribution in [-0.2, 0) is 6.18 Å². The molecule has 0 atom stereocenters. The van der Waals surface area contributed by atoms with Crippen LogP contribution >= 0.6 is 12.4 Å². The second-order valence-electron chi connectivity index (χ2n) is 5.31. The van der Waals surface area contributed by atoms with E-state index in [1.54, 1.807) is 0 Å². The number of pyridine rings is 2. The topological polar surface area (TPSA) is 104 Å². The van der Waals surface area contributed by atoms with Crippen molar-refractivity contribution in [3.63, 3.8) is 0 Å². The molecule has 0 saturated heterocycles. The second-order valence-corrected chi connectivity index (χ2v) is 5.31. The lowest BCUT2D eigenvalue weighted by Crippen LogP contribution is -2.13. The number of ether oxygens (including phenoxy) is 1. The van der Waals surface area contributed by atoms with Gasteiger partial charge in [-0.3, -0.25) is 4.40 Å². The lowest BCUT2D eigenvalue weighted by Gasteiger charge is -2.13. The Morgan fingerprint density at radius 2 is 2.04 bits per heavy atom. The minimum absolute atomic E-state index is 0. The number of nitrogens with two attached hydrogens (primary N) is 1. The maximum Gasteiger partial charge on any atom is 0.417 e. The normalized spacial score (nSPS) is 11.7. The quantitative estimate of drug-likeness (QED) is 0.561. The lowest BCUT2D eigenvalue weighted by atomic mass is 10.1. The number of hydrogen-bond donors (Lipinski definition) is 1. The van der Waals surface area contributed by atoms with Gasteiger partial charge in [0, 0.05) is 24.2 Å². The highest BCUT2D eigenvalue weighted by Crippen LogP contribution is 2.36. The zero-order valence-corrected chi connectivity index (χ0v) is 14.3. The predicted octanol–water partition coefficient (Wildman–Crippen LogP) is 2.71. The van der Waals surface area contributed by atoms with Crippen LogP contribution in [0.4, 0.5) is 13.2 Å². The first-order chi connectivity index (χ1) is 12.5. The molecule has 142 valence electrons. The summed E-state index contributed by atoms with van der Waals surface area (Å²) in [6, 6.07) is 3.64. The first-order valence-electron chi connectivity index (χ1n) is 7.47. The van der Waals surface area contributed by atoms with Crippen LogP contribution in [0.15, 0.2) is 35.2 Å². The van der Waals surface area contributed by atoms with Crippen LogP contribution in [0.2, 0.25) is 0 Å². The molecule has 4 aromatic heterocycles. The number of aromatic nitrogens is 5. The molecule has 0 saturated carbocycles. The maximum absolute atomic E-state index is 13.5. The second kappa shape index (κ2) is 7.00. The number of fused-ring (bicyclic) bond motifs is 3. The summed E-state index contributed by atoms with van der Waals surface area (Å²) in [5.41, 5.74) is 5.23. The summed E-state index contributed by atoms with van der Waals surface area (Å²) in [7, 11) is 0. The van der Waals surface area contributed by atoms with Gasteiger partial charge in [-0.15, -0.1) is 22.6 Å². The molecule has 12 heteroatoms. The lowest BCUT2D eigenvalue weighted by molar-refractivity contribution is -0.136. The average molecular weight is 401 g/mol. The minimum Gasteiger partial charge on any atom is -0.476 e. The van der Waals surface area contributed by atoms with Crippen LogP contribution in [0.5, 0.6) is 5.88 Å². The SMILES string of the molecule is Cl.NCCOc1cc(C(F)(F)F)c2ccc3nc(-c4nnco4)cn3c2n1. The van der Waals surface area contributed by atoms with Crippen LogP contribution in [-0.4, -0.2) is 37.7 Å². The number of nitrogens with zero attached hydrogens (tertiary/aromatic N) is 5. The van der Waals surface area contributed by atoms with Crippen molar-refractivity contribution in [3.05, 3.63) is 36.4 Å². The van der Waals surface area contributed by atoms with E-state index >= 15 is 0 Å². The molecule has 0 aliphatic carbocycles. The van der Waals surface area contributed by atoms with Gasteiger partial charge in [0.05, 0.1) is 5.56 Å². The summed E-state index contributed by atoms with van der Waals surface area (Å²) >= 11 is 0. The Labute approximate surface area is 155 Å². The molecule has 4 heterocycles. The molecule has 27 heavy (non-hydrogen) atoms. The van der Waals surface area contributed by atoms with E-state index < -0.39 is 11.7 Å². The van der Waals surface area contributed by atoms with Gasteiger partial charge in [0.15, 0.2) is 0 Å². The third kappa shape index (κ3) is 3.38. The molecule has 2 N–H and O–H groups in total. The monoisotopic (exact) mass is 400 g/mol. The summed E-state index contributed by atoms with van der Waals surface area (Å²) in [6.45, 7) is 0.195. The zero-order chi connectivity index (χ0) is 18.3. The molecular formula is C15H12ClF3N6O2. The van der Waals surface area contributed by atoms with E-state index in [9.17, 15) is 13.2 Å². The number of imidazole rings is 1.